The molecule has 5 nitrogen and oxygen atoms in total. The monoisotopic (exact) mass is 271 g/mol. The largest absolute Gasteiger partial charge is 0.465 e. The Labute approximate surface area is 117 Å². The van der Waals surface area contributed by atoms with Crippen molar-refractivity contribution in [3.05, 3.63) is 36.0 Å². The van der Waals surface area contributed by atoms with E-state index >= 15 is 0 Å². The number of likely N-dealkylation sites (tertiary alicyclic amines) is 1. The van der Waals surface area contributed by atoms with Gasteiger partial charge in [0.15, 0.2) is 0 Å². The standard InChI is InChI=1S/C15H17N3O2/c19-15(20)18-9-4-3-7-14(18)17-10-8-12-5-1-2-6-13(12)16-11-17/h1-2,5-6,8,10-11,14H,3-4,7,9H2,(H,19,20). The zero-order chi connectivity index (χ0) is 13.9. The first-order valence-corrected chi connectivity index (χ1v) is 6.84. The first-order chi connectivity index (χ1) is 9.75. The quantitative estimate of drug-likeness (QED) is 0.853. The molecule has 2 aliphatic heterocycles. The number of carbonyl (C=O) groups is 1. The molecular weight excluding hydrogens is 254 g/mol. The van der Waals surface area contributed by atoms with Crippen LogP contribution < -0.4 is 0 Å². The van der Waals surface area contributed by atoms with Gasteiger partial charge in [0.1, 0.15) is 6.17 Å². The first-order valence-electron chi connectivity index (χ1n) is 6.84. The van der Waals surface area contributed by atoms with Crippen molar-refractivity contribution in [2.45, 2.75) is 25.4 Å². The summed E-state index contributed by atoms with van der Waals surface area (Å²) < 4.78 is 0. The van der Waals surface area contributed by atoms with Crippen LogP contribution in [-0.2, 0) is 0 Å². The molecule has 3 rings (SSSR count). The molecule has 0 spiro atoms. The third-order valence-electron chi connectivity index (χ3n) is 3.75. The van der Waals surface area contributed by atoms with Gasteiger partial charge in [-0.2, -0.15) is 0 Å². The maximum absolute atomic E-state index is 11.3. The van der Waals surface area contributed by atoms with E-state index in [2.05, 4.69) is 4.99 Å². The molecule has 20 heavy (non-hydrogen) atoms. The summed E-state index contributed by atoms with van der Waals surface area (Å²) in [4.78, 5) is 19.2. The fraction of sp³-hybridized carbons (Fsp3) is 0.333. The molecule has 1 saturated heterocycles. The molecule has 2 aliphatic rings. The van der Waals surface area contributed by atoms with Crippen LogP contribution in [0, 0.1) is 0 Å². The summed E-state index contributed by atoms with van der Waals surface area (Å²) in [6.45, 7) is 0.588. The van der Waals surface area contributed by atoms with Crippen LogP contribution in [0.2, 0.25) is 0 Å². The van der Waals surface area contributed by atoms with Crippen LogP contribution in [0.3, 0.4) is 0 Å². The van der Waals surface area contributed by atoms with Gasteiger partial charge in [-0.25, -0.2) is 9.79 Å². The summed E-state index contributed by atoms with van der Waals surface area (Å²) in [5.41, 5.74) is 1.95. The van der Waals surface area contributed by atoms with E-state index in [0.29, 0.717) is 6.54 Å². The molecule has 0 aromatic heterocycles. The summed E-state index contributed by atoms with van der Waals surface area (Å²) in [5.74, 6) is 0. The Morgan fingerprint density at radius 1 is 1.30 bits per heavy atom. The zero-order valence-electron chi connectivity index (χ0n) is 11.1. The van der Waals surface area contributed by atoms with Crippen molar-refractivity contribution in [3.8, 4) is 0 Å². The molecule has 0 saturated carbocycles. The van der Waals surface area contributed by atoms with Crippen LogP contribution >= 0.6 is 0 Å². The molecule has 1 unspecified atom stereocenters. The van der Waals surface area contributed by atoms with Crippen LogP contribution in [0.15, 0.2) is 35.5 Å². The number of carboxylic acid groups (broad SMARTS) is 1. The third kappa shape index (κ3) is 2.39. The molecule has 0 bridgehead atoms. The van der Waals surface area contributed by atoms with Gasteiger partial charge in [0.2, 0.25) is 0 Å². The number of rotatable bonds is 1. The Morgan fingerprint density at radius 2 is 2.15 bits per heavy atom. The minimum absolute atomic E-state index is 0.157. The van der Waals surface area contributed by atoms with Gasteiger partial charge in [0.05, 0.1) is 12.0 Å². The van der Waals surface area contributed by atoms with Crippen molar-refractivity contribution in [1.29, 1.82) is 0 Å². The fourth-order valence-electron chi connectivity index (χ4n) is 2.70. The smallest absolute Gasteiger partial charge is 0.408 e. The van der Waals surface area contributed by atoms with Gasteiger partial charge in [-0.05, 0) is 31.4 Å². The lowest BCUT2D eigenvalue weighted by atomic mass is 10.1. The number of benzene rings is 1. The summed E-state index contributed by atoms with van der Waals surface area (Å²) in [5, 5.41) is 9.31. The number of aliphatic imine (C=N–C) groups is 1. The van der Waals surface area contributed by atoms with Crippen LogP contribution in [0.25, 0.3) is 6.08 Å². The molecule has 1 atom stereocenters. The Bertz CT molecular complexity index is 535. The summed E-state index contributed by atoms with van der Waals surface area (Å²) >= 11 is 0. The van der Waals surface area contributed by atoms with Crippen molar-refractivity contribution < 1.29 is 9.90 Å². The van der Waals surface area contributed by atoms with Gasteiger partial charge in [0.25, 0.3) is 0 Å². The van der Waals surface area contributed by atoms with Gasteiger partial charge >= 0.3 is 6.09 Å². The van der Waals surface area contributed by atoms with Crippen LogP contribution in [0.1, 0.15) is 24.8 Å². The Hall–Kier alpha value is -2.30. The normalized spacial score (nSPS) is 21.5. The lowest BCUT2D eigenvalue weighted by molar-refractivity contribution is 0.0715. The number of piperidine rings is 1. The van der Waals surface area contributed by atoms with E-state index in [0.717, 1.165) is 30.5 Å². The van der Waals surface area contributed by atoms with Crippen LogP contribution in [-0.4, -0.2) is 40.0 Å². The second-order valence-corrected chi connectivity index (χ2v) is 5.02. The summed E-state index contributed by atoms with van der Waals surface area (Å²) in [6.07, 6.45) is 7.41. The molecule has 2 heterocycles. The summed E-state index contributed by atoms with van der Waals surface area (Å²) in [6, 6.07) is 7.88. The molecular formula is C15H17N3O2. The number of fused-ring (bicyclic) bond motifs is 1. The minimum Gasteiger partial charge on any atom is -0.465 e. The Balaban J connectivity index is 1.86. The predicted octanol–water partition coefficient (Wildman–Crippen LogP) is 3.12. The maximum atomic E-state index is 11.3. The van der Waals surface area contributed by atoms with Gasteiger partial charge in [-0.3, -0.25) is 4.90 Å². The number of hydrogen-bond donors (Lipinski definition) is 1. The SMILES string of the molecule is O=C(O)N1CCCCC1N1C=Cc2ccccc2N=C1. The molecule has 0 radical (unpaired) electrons. The van der Waals surface area contributed by atoms with Crippen molar-refractivity contribution in [2.75, 3.05) is 6.54 Å². The van der Waals surface area contributed by atoms with Crippen LogP contribution in [0.4, 0.5) is 10.5 Å². The van der Waals surface area contributed by atoms with E-state index in [9.17, 15) is 9.90 Å². The topological polar surface area (TPSA) is 56.1 Å². The zero-order valence-corrected chi connectivity index (χ0v) is 11.1. The Morgan fingerprint density at radius 3 is 3.00 bits per heavy atom. The van der Waals surface area contributed by atoms with Crippen LogP contribution in [0.5, 0.6) is 0 Å². The molecule has 1 aromatic carbocycles. The molecule has 1 fully saturated rings. The Kier molecular flexibility index (Phi) is 3.41. The number of hydrogen-bond acceptors (Lipinski definition) is 3. The molecule has 5 heteroatoms. The number of para-hydroxylation sites is 1. The van der Waals surface area contributed by atoms with E-state index in [1.165, 1.54) is 4.90 Å². The average molecular weight is 271 g/mol. The van der Waals surface area contributed by atoms with Crippen molar-refractivity contribution in [1.82, 2.24) is 9.80 Å². The second-order valence-electron chi connectivity index (χ2n) is 5.02. The summed E-state index contributed by atoms with van der Waals surface area (Å²) in [7, 11) is 0. The van der Waals surface area contributed by atoms with E-state index in [1.54, 1.807) is 6.34 Å². The van der Waals surface area contributed by atoms with E-state index < -0.39 is 6.09 Å². The number of nitrogens with zero attached hydrogens (tertiary/aromatic N) is 3. The molecule has 0 aliphatic carbocycles. The highest BCUT2D eigenvalue weighted by Crippen LogP contribution is 2.25. The van der Waals surface area contributed by atoms with E-state index in [-0.39, 0.29) is 6.17 Å². The average Bonchev–Trinajstić information content (AvgIpc) is 2.70. The lowest BCUT2D eigenvalue weighted by Gasteiger charge is -2.38. The fourth-order valence-corrected chi connectivity index (χ4v) is 2.70. The van der Waals surface area contributed by atoms with Crippen molar-refractivity contribution in [3.63, 3.8) is 0 Å². The van der Waals surface area contributed by atoms with E-state index in [4.69, 9.17) is 0 Å². The van der Waals surface area contributed by atoms with E-state index in [1.807, 2.05) is 41.4 Å². The maximum Gasteiger partial charge on any atom is 0.408 e. The third-order valence-corrected chi connectivity index (χ3v) is 3.75. The highest BCUT2D eigenvalue weighted by atomic mass is 16.4. The number of amides is 1. The minimum atomic E-state index is -0.863. The van der Waals surface area contributed by atoms with Gasteiger partial charge in [-0.1, -0.05) is 18.2 Å². The second kappa shape index (κ2) is 5.36. The molecule has 1 N–H and O–H groups in total. The molecule has 104 valence electrons. The van der Waals surface area contributed by atoms with Crippen molar-refractivity contribution in [2.24, 2.45) is 4.99 Å². The highest BCUT2D eigenvalue weighted by molar-refractivity contribution is 5.75. The first kappa shape index (κ1) is 12.7. The van der Waals surface area contributed by atoms with Crippen molar-refractivity contribution >= 4 is 24.2 Å². The molecule has 1 aromatic rings. The predicted molar refractivity (Wildman–Crippen MR) is 77.8 cm³/mol. The van der Waals surface area contributed by atoms with Gasteiger partial charge in [-0.15, -0.1) is 0 Å². The van der Waals surface area contributed by atoms with Gasteiger partial charge in [0, 0.05) is 18.3 Å². The lowest BCUT2D eigenvalue weighted by Crippen LogP contribution is -2.50. The highest BCUT2D eigenvalue weighted by Gasteiger charge is 2.29. The van der Waals surface area contributed by atoms with Gasteiger partial charge < -0.3 is 10.0 Å². The molecule has 1 amide bonds.